The van der Waals surface area contributed by atoms with E-state index < -0.39 is 0 Å². The van der Waals surface area contributed by atoms with Crippen LogP contribution in [0.3, 0.4) is 0 Å². The van der Waals surface area contributed by atoms with E-state index in [1.165, 1.54) is 32.0 Å². The van der Waals surface area contributed by atoms with Gasteiger partial charge in [-0.05, 0) is 38.7 Å². The van der Waals surface area contributed by atoms with Crippen LogP contribution in [0.15, 0.2) is 58.3 Å². The number of aryl methyl sites for hydroxylation is 1. The fraction of sp³-hybridized carbons (Fsp3) is 0.222. The molecule has 21 heavy (non-hydrogen) atoms. The lowest BCUT2D eigenvalue weighted by molar-refractivity contribution is 0.399. The van der Waals surface area contributed by atoms with Crippen molar-refractivity contribution in [2.75, 3.05) is 14.1 Å². The van der Waals surface area contributed by atoms with E-state index in [1.807, 2.05) is 11.8 Å². The number of rotatable bonds is 4. The number of para-hydroxylation sites is 1. The zero-order chi connectivity index (χ0) is 14.8. The normalized spacial score (nSPS) is 11.4. The molecule has 108 valence electrons. The van der Waals surface area contributed by atoms with Gasteiger partial charge < -0.3 is 9.88 Å². The first-order valence-electron chi connectivity index (χ1n) is 7.13. The number of aromatic nitrogens is 1. The highest BCUT2D eigenvalue weighted by Gasteiger charge is 2.11. The highest BCUT2D eigenvalue weighted by Crippen LogP contribution is 2.37. The summed E-state index contributed by atoms with van der Waals surface area (Å²) in [5, 5.41) is 1.31. The maximum absolute atomic E-state index is 3.48. The SMILES string of the molecule is Cc1[nH]c2ccccc2c1Sc1ccccc1CN(C)C. The lowest BCUT2D eigenvalue weighted by Gasteiger charge is -2.13. The van der Waals surface area contributed by atoms with E-state index in [0.29, 0.717) is 0 Å². The molecule has 0 atom stereocenters. The molecule has 2 aromatic carbocycles. The summed E-state index contributed by atoms with van der Waals surface area (Å²) in [5.41, 5.74) is 3.82. The Balaban J connectivity index is 2.01. The van der Waals surface area contributed by atoms with Crippen LogP contribution in [0.5, 0.6) is 0 Å². The van der Waals surface area contributed by atoms with Crippen LogP contribution in [0.4, 0.5) is 0 Å². The van der Waals surface area contributed by atoms with Gasteiger partial charge in [0.15, 0.2) is 0 Å². The number of aromatic amines is 1. The van der Waals surface area contributed by atoms with Crippen molar-refractivity contribution in [3.05, 3.63) is 59.8 Å². The Kier molecular flexibility index (Phi) is 4.04. The summed E-state index contributed by atoms with van der Waals surface area (Å²) in [5.74, 6) is 0. The largest absolute Gasteiger partial charge is 0.358 e. The standard InChI is InChI=1S/C18H20N2S/c1-13-18(15-9-5-6-10-16(15)19-13)21-17-11-7-4-8-14(17)12-20(2)3/h4-11,19H,12H2,1-3H3. The van der Waals surface area contributed by atoms with Crippen LogP contribution in [-0.2, 0) is 6.54 Å². The molecule has 0 aliphatic carbocycles. The molecule has 3 heteroatoms. The predicted molar refractivity (Wildman–Crippen MR) is 91.0 cm³/mol. The Labute approximate surface area is 130 Å². The zero-order valence-electron chi connectivity index (χ0n) is 12.7. The van der Waals surface area contributed by atoms with Crippen molar-refractivity contribution >= 4 is 22.7 Å². The van der Waals surface area contributed by atoms with Crippen molar-refractivity contribution in [3.8, 4) is 0 Å². The minimum absolute atomic E-state index is 0.963. The van der Waals surface area contributed by atoms with E-state index in [1.54, 1.807) is 0 Å². The number of benzene rings is 2. The molecule has 2 nitrogen and oxygen atoms in total. The Morgan fingerprint density at radius 2 is 1.71 bits per heavy atom. The summed E-state index contributed by atoms with van der Waals surface area (Å²) in [4.78, 5) is 8.35. The molecule has 3 rings (SSSR count). The quantitative estimate of drug-likeness (QED) is 0.753. The first-order valence-corrected chi connectivity index (χ1v) is 7.94. The van der Waals surface area contributed by atoms with Gasteiger partial charge in [-0.25, -0.2) is 0 Å². The number of nitrogens with one attached hydrogen (secondary N) is 1. The molecular formula is C18H20N2S. The monoisotopic (exact) mass is 296 g/mol. The highest BCUT2D eigenvalue weighted by atomic mass is 32.2. The van der Waals surface area contributed by atoms with Crippen molar-refractivity contribution < 1.29 is 0 Å². The number of hydrogen-bond acceptors (Lipinski definition) is 2. The first kappa shape index (κ1) is 14.2. The fourth-order valence-electron chi connectivity index (χ4n) is 2.57. The fourth-order valence-corrected chi connectivity index (χ4v) is 3.69. The Hall–Kier alpha value is -1.71. The minimum Gasteiger partial charge on any atom is -0.358 e. The summed E-state index contributed by atoms with van der Waals surface area (Å²) in [6, 6.07) is 17.2. The van der Waals surface area contributed by atoms with Gasteiger partial charge in [-0.15, -0.1) is 0 Å². The second-order valence-corrected chi connectivity index (χ2v) is 6.62. The van der Waals surface area contributed by atoms with Gasteiger partial charge in [0, 0.05) is 32.9 Å². The molecule has 0 amide bonds. The molecule has 1 N–H and O–H groups in total. The molecule has 0 aliphatic heterocycles. The van der Waals surface area contributed by atoms with Crippen molar-refractivity contribution in [1.29, 1.82) is 0 Å². The number of nitrogens with zero attached hydrogens (tertiary/aromatic N) is 1. The third-order valence-electron chi connectivity index (χ3n) is 3.51. The summed E-state index contributed by atoms with van der Waals surface area (Å²) in [6.07, 6.45) is 0. The van der Waals surface area contributed by atoms with Crippen molar-refractivity contribution in [1.82, 2.24) is 9.88 Å². The predicted octanol–water partition coefficient (Wildman–Crippen LogP) is 4.69. The topological polar surface area (TPSA) is 19.0 Å². The van der Waals surface area contributed by atoms with Crippen LogP contribution in [0.1, 0.15) is 11.3 Å². The summed E-state index contributed by atoms with van der Waals surface area (Å²) < 4.78 is 0. The molecule has 0 fully saturated rings. The van der Waals surface area contributed by atoms with Crippen LogP contribution in [0, 0.1) is 6.92 Å². The third-order valence-corrected chi connectivity index (χ3v) is 4.85. The lowest BCUT2D eigenvalue weighted by Crippen LogP contribution is -2.11. The Morgan fingerprint density at radius 1 is 1.00 bits per heavy atom. The van der Waals surface area contributed by atoms with Gasteiger partial charge in [-0.2, -0.15) is 0 Å². The molecule has 3 aromatic rings. The van der Waals surface area contributed by atoms with Gasteiger partial charge in [-0.1, -0.05) is 48.2 Å². The molecule has 0 spiro atoms. The Morgan fingerprint density at radius 3 is 2.52 bits per heavy atom. The average molecular weight is 296 g/mol. The molecule has 0 saturated heterocycles. The van der Waals surface area contributed by atoms with Crippen molar-refractivity contribution in [3.63, 3.8) is 0 Å². The van der Waals surface area contributed by atoms with Crippen LogP contribution in [0.2, 0.25) is 0 Å². The molecular weight excluding hydrogens is 276 g/mol. The summed E-state index contributed by atoms with van der Waals surface area (Å²) in [7, 11) is 4.22. The van der Waals surface area contributed by atoms with E-state index in [2.05, 4.69) is 79.4 Å². The number of H-pyrrole nitrogens is 1. The molecule has 1 heterocycles. The minimum atomic E-state index is 0.963. The van der Waals surface area contributed by atoms with Gasteiger partial charge >= 0.3 is 0 Å². The molecule has 0 saturated carbocycles. The van der Waals surface area contributed by atoms with Crippen LogP contribution in [-0.4, -0.2) is 24.0 Å². The Bertz CT molecular complexity index is 759. The molecule has 0 unspecified atom stereocenters. The smallest absolute Gasteiger partial charge is 0.0467 e. The van der Waals surface area contributed by atoms with E-state index in [-0.39, 0.29) is 0 Å². The van der Waals surface area contributed by atoms with Crippen LogP contribution < -0.4 is 0 Å². The van der Waals surface area contributed by atoms with Crippen LogP contribution in [0.25, 0.3) is 10.9 Å². The van der Waals surface area contributed by atoms with Crippen molar-refractivity contribution in [2.24, 2.45) is 0 Å². The van der Waals surface area contributed by atoms with Crippen molar-refractivity contribution in [2.45, 2.75) is 23.3 Å². The molecule has 1 aromatic heterocycles. The van der Waals surface area contributed by atoms with E-state index in [9.17, 15) is 0 Å². The number of hydrogen-bond donors (Lipinski definition) is 1. The van der Waals surface area contributed by atoms with Crippen LogP contribution >= 0.6 is 11.8 Å². The lowest BCUT2D eigenvalue weighted by atomic mass is 10.2. The summed E-state index contributed by atoms with van der Waals surface area (Å²) in [6.45, 7) is 3.11. The van der Waals surface area contributed by atoms with Gasteiger partial charge in [-0.3, -0.25) is 0 Å². The third kappa shape index (κ3) is 2.99. The van der Waals surface area contributed by atoms with E-state index in [0.717, 1.165) is 6.54 Å². The first-order chi connectivity index (χ1) is 10.1. The van der Waals surface area contributed by atoms with E-state index in [4.69, 9.17) is 0 Å². The van der Waals surface area contributed by atoms with Gasteiger partial charge in [0.2, 0.25) is 0 Å². The van der Waals surface area contributed by atoms with Gasteiger partial charge in [0.05, 0.1) is 0 Å². The second-order valence-electron chi connectivity index (χ2n) is 5.57. The maximum atomic E-state index is 3.48. The number of fused-ring (bicyclic) bond motifs is 1. The summed E-state index contributed by atoms with van der Waals surface area (Å²) >= 11 is 1.86. The van der Waals surface area contributed by atoms with E-state index >= 15 is 0 Å². The molecule has 0 radical (unpaired) electrons. The van der Waals surface area contributed by atoms with Gasteiger partial charge in [0.1, 0.15) is 0 Å². The maximum Gasteiger partial charge on any atom is 0.0467 e. The average Bonchev–Trinajstić information content (AvgIpc) is 2.77. The zero-order valence-corrected chi connectivity index (χ0v) is 13.5. The molecule has 0 aliphatic rings. The highest BCUT2D eigenvalue weighted by molar-refractivity contribution is 7.99. The molecule has 0 bridgehead atoms. The second kappa shape index (κ2) is 5.96. The van der Waals surface area contributed by atoms with Gasteiger partial charge in [0.25, 0.3) is 0 Å².